The number of aryl methyl sites for hydroxylation is 2. The molecule has 0 heterocycles. The second kappa shape index (κ2) is 8.50. The third kappa shape index (κ3) is 4.50. The van der Waals surface area contributed by atoms with Gasteiger partial charge in [-0.25, -0.2) is 8.42 Å². The molecule has 0 saturated carbocycles. The normalized spacial score (nSPS) is 11.2. The molecule has 0 bridgehead atoms. The second-order valence-corrected chi connectivity index (χ2v) is 9.26. The zero-order valence-corrected chi connectivity index (χ0v) is 18.8. The minimum atomic E-state index is -3.99. The van der Waals surface area contributed by atoms with Gasteiger partial charge in [-0.15, -0.1) is 0 Å². The van der Waals surface area contributed by atoms with Crippen LogP contribution in [0.4, 0.5) is 11.4 Å². The first-order chi connectivity index (χ1) is 14.1. The maximum atomic E-state index is 13.0. The molecule has 0 aliphatic rings. The van der Waals surface area contributed by atoms with Crippen molar-refractivity contribution in [3.63, 3.8) is 0 Å². The zero-order valence-electron chi connectivity index (χ0n) is 17.2. The van der Waals surface area contributed by atoms with Crippen LogP contribution in [0.5, 0.6) is 0 Å². The first-order valence-corrected chi connectivity index (χ1v) is 11.2. The van der Waals surface area contributed by atoms with Crippen LogP contribution in [-0.4, -0.2) is 14.3 Å². The van der Waals surface area contributed by atoms with Gasteiger partial charge in [-0.05, 0) is 80.3 Å². The highest BCUT2D eigenvalue weighted by Crippen LogP contribution is 2.28. The van der Waals surface area contributed by atoms with Crippen molar-refractivity contribution in [3.05, 3.63) is 87.4 Å². The summed E-state index contributed by atoms with van der Waals surface area (Å²) >= 11 is 6.18. The molecule has 2 N–H and O–H groups in total. The van der Waals surface area contributed by atoms with Crippen LogP contribution in [0.2, 0.25) is 5.02 Å². The Morgan fingerprint density at radius 3 is 2.03 bits per heavy atom. The molecule has 0 aliphatic carbocycles. The summed E-state index contributed by atoms with van der Waals surface area (Å²) in [6.07, 6.45) is 0. The van der Waals surface area contributed by atoms with Crippen LogP contribution in [0.1, 0.15) is 32.6 Å². The highest BCUT2D eigenvalue weighted by molar-refractivity contribution is 7.92. The van der Waals surface area contributed by atoms with Crippen molar-refractivity contribution in [1.29, 1.82) is 0 Å². The quantitative estimate of drug-likeness (QED) is 0.537. The number of halogens is 1. The molecular formula is C23H23ClN2O3S. The molecule has 0 radical (unpaired) electrons. The van der Waals surface area contributed by atoms with Gasteiger partial charge in [0, 0.05) is 11.3 Å². The van der Waals surface area contributed by atoms with Crippen LogP contribution in [0, 0.1) is 27.7 Å². The van der Waals surface area contributed by atoms with Crippen LogP contribution >= 0.6 is 11.6 Å². The summed E-state index contributed by atoms with van der Waals surface area (Å²) in [5.74, 6) is -0.413. The number of hydrogen-bond acceptors (Lipinski definition) is 3. The number of rotatable bonds is 5. The van der Waals surface area contributed by atoms with Crippen LogP contribution < -0.4 is 10.0 Å². The van der Waals surface area contributed by atoms with Gasteiger partial charge in [0.05, 0.1) is 10.7 Å². The largest absolute Gasteiger partial charge is 0.322 e. The van der Waals surface area contributed by atoms with Gasteiger partial charge in [0.1, 0.15) is 4.90 Å². The first kappa shape index (κ1) is 21.9. The molecule has 0 aliphatic heterocycles. The third-order valence-corrected chi connectivity index (χ3v) is 7.03. The molecule has 30 heavy (non-hydrogen) atoms. The molecule has 156 valence electrons. The molecule has 0 atom stereocenters. The number of benzene rings is 3. The number of hydrogen-bond donors (Lipinski definition) is 2. The van der Waals surface area contributed by atoms with Gasteiger partial charge in [-0.1, -0.05) is 35.9 Å². The van der Waals surface area contributed by atoms with E-state index in [-0.39, 0.29) is 15.5 Å². The minimum Gasteiger partial charge on any atom is -0.322 e. The van der Waals surface area contributed by atoms with E-state index < -0.39 is 15.9 Å². The molecule has 5 nitrogen and oxygen atoms in total. The summed E-state index contributed by atoms with van der Waals surface area (Å²) < 4.78 is 28.6. The van der Waals surface area contributed by atoms with Gasteiger partial charge in [0.25, 0.3) is 15.9 Å². The molecule has 0 saturated heterocycles. The van der Waals surface area contributed by atoms with Crippen molar-refractivity contribution in [2.24, 2.45) is 0 Å². The van der Waals surface area contributed by atoms with Gasteiger partial charge in [0.15, 0.2) is 0 Å². The standard InChI is InChI=1S/C23H23ClN2O3S/c1-14-7-5-9-20(16(14)3)25-23(27)18-11-12-19(24)22(13-18)30(28,29)26-21-10-6-8-15(2)17(21)4/h5-13,26H,1-4H3,(H,25,27). The molecule has 3 rings (SSSR count). The summed E-state index contributed by atoms with van der Waals surface area (Å²) in [6.45, 7) is 7.61. The van der Waals surface area contributed by atoms with E-state index in [9.17, 15) is 13.2 Å². The summed E-state index contributed by atoms with van der Waals surface area (Å²) in [6, 6.07) is 15.2. The van der Waals surface area contributed by atoms with Crippen LogP contribution in [0.15, 0.2) is 59.5 Å². The number of carbonyl (C=O) groups excluding carboxylic acids is 1. The van der Waals surface area contributed by atoms with E-state index in [0.717, 1.165) is 22.3 Å². The lowest BCUT2D eigenvalue weighted by molar-refractivity contribution is 0.102. The predicted octanol–water partition coefficient (Wildman–Crippen LogP) is 5.63. The van der Waals surface area contributed by atoms with Gasteiger partial charge < -0.3 is 5.32 Å². The average Bonchev–Trinajstić information content (AvgIpc) is 2.69. The molecule has 0 aromatic heterocycles. The Balaban J connectivity index is 1.93. The number of anilines is 2. The van der Waals surface area contributed by atoms with E-state index in [0.29, 0.717) is 11.4 Å². The van der Waals surface area contributed by atoms with E-state index in [1.54, 1.807) is 18.2 Å². The fraction of sp³-hybridized carbons (Fsp3) is 0.174. The molecule has 0 fully saturated rings. The Morgan fingerprint density at radius 2 is 1.40 bits per heavy atom. The van der Waals surface area contributed by atoms with E-state index >= 15 is 0 Å². The lowest BCUT2D eigenvalue weighted by Gasteiger charge is -2.14. The Morgan fingerprint density at radius 1 is 0.833 bits per heavy atom. The highest BCUT2D eigenvalue weighted by Gasteiger charge is 2.21. The van der Waals surface area contributed by atoms with E-state index in [1.807, 2.05) is 45.9 Å². The average molecular weight is 443 g/mol. The third-order valence-electron chi connectivity index (χ3n) is 5.18. The molecule has 7 heteroatoms. The summed E-state index contributed by atoms with van der Waals surface area (Å²) in [5.41, 5.74) is 5.11. The second-order valence-electron chi connectivity index (χ2n) is 7.20. The molecule has 1 amide bonds. The van der Waals surface area contributed by atoms with Gasteiger partial charge in [-0.3, -0.25) is 9.52 Å². The predicted molar refractivity (Wildman–Crippen MR) is 122 cm³/mol. The summed E-state index contributed by atoms with van der Waals surface area (Å²) in [5, 5.41) is 2.87. The Kier molecular flexibility index (Phi) is 6.19. The lowest BCUT2D eigenvalue weighted by Crippen LogP contribution is -2.17. The van der Waals surface area contributed by atoms with Crippen LogP contribution in [0.25, 0.3) is 0 Å². The number of nitrogens with one attached hydrogen (secondary N) is 2. The maximum Gasteiger partial charge on any atom is 0.263 e. The van der Waals surface area contributed by atoms with E-state index in [1.165, 1.54) is 18.2 Å². The molecular weight excluding hydrogens is 420 g/mol. The number of amides is 1. The van der Waals surface area contributed by atoms with Crippen molar-refractivity contribution in [2.75, 3.05) is 10.0 Å². The van der Waals surface area contributed by atoms with Crippen LogP contribution in [0.3, 0.4) is 0 Å². The zero-order chi connectivity index (χ0) is 22.1. The monoisotopic (exact) mass is 442 g/mol. The number of sulfonamides is 1. The molecule has 3 aromatic carbocycles. The summed E-state index contributed by atoms with van der Waals surface area (Å²) in [7, 11) is -3.99. The van der Waals surface area contributed by atoms with E-state index in [4.69, 9.17) is 11.6 Å². The van der Waals surface area contributed by atoms with Crippen molar-refractivity contribution in [3.8, 4) is 0 Å². The fourth-order valence-corrected chi connectivity index (χ4v) is 4.64. The van der Waals surface area contributed by atoms with Crippen LogP contribution in [-0.2, 0) is 10.0 Å². The Bertz CT molecular complexity index is 1240. The lowest BCUT2D eigenvalue weighted by atomic mass is 10.1. The van der Waals surface area contributed by atoms with Crippen molar-refractivity contribution in [2.45, 2.75) is 32.6 Å². The summed E-state index contributed by atoms with van der Waals surface area (Å²) in [4.78, 5) is 12.6. The molecule has 0 unspecified atom stereocenters. The SMILES string of the molecule is Cc1cccc(NC(=O)c2ccc(Cl)c(S(=O)(=O)Nc3cccc(C)c3C)c2)c1C. The smallest absolute Gasteiger partial charge is 0.263 e. The highest BCUT2D eigenvalue weighted by atomic mass is 35.5. The van der Waals surface area contributed by atoms with Gasteiger partial charge in [0.2, 0.25) is 0 Å². The van der Waals surface area contributed by atoms with Crippen molar-refractivity contribution < 1.29 is 13.2 Å². The first-order valence-electron chi connectivity index (χ1n) is 9.36. The fourth-order valence-electron chi connectivity index (χ4n) is 2.99. The topological polar surface area (TPSA) is 75.3 Å². The molecule has 0 spiro atoms. The molecule has 3 aromatic rings. The maximum absolute atomic E-state index is 13.0. The minimum absolute atomic E-state index is 0.0380. The van der Waals surface area contributed by atoms with Crippen molar-refractivity contribution >= 4 is 38.9 Å². The van der Waals surface area contributed by atoms with E-state index in [2.05, 4.69) is 10.0 Å². The van der Waals surface area contributed by atoms with Gasteiger partial charge >= 0.3 is 0 Å². The number of carbonyl (C=O) groups is 1. The Labute approximate surface area is 182 Å². The Hall–Kier alpha value is -2.83. The van der Waals surface area contributed by atoms with Gasteiger partial charge in [-0.2, -0.15) is 0 Å². The van der Waals surface area contributed by atoms with Crippen molar-refractivity contribution in [1.82, 2.24) is 0 Å².